The SMILES string of the molecule is COC(=O)CCN1CCN(C(=O)c2ocnc2C)CC1. The first-order valence-corrected chi connectivity index (χ1v) is 6.60. The maximum atomic E-state index is 12.2. The zero-order chi connectivity index (χ0) is 14.5. The van der Waals surface area contributed by atoms with Crippen molar-refractivity contribution < 1.29 is 18.7 Å². The summed E-state index contributed by atoms with van der Waals surface area (Å²) in [5.74, 6) is -0.0126. The van der Waals surface area contributed by atoms with Crippen molar-refractivity contribution in [2.45, 2.75) is 13.3 Å². The summed E-state index contributed by atoms with van der Waals surface area (Å²) in [6.07, 6.45) is 1.67. The van der Waals surface area contributed by atoms with Gasteiger partial charge in [0, 0.05) is 32.7 Å². The second kappa shape index (κ2) is 6.51. The van der Waals surface area contributed by atoms with E-state index in [0.717, 1.165) is 13.1 Å². The van der Waals surface area contributed by atoms with Gasteiger partial charge in [-0.1, -0.05) is 0 Å². The molecule has 0 spiro atoms. The number of hydrogen-bond donors (Lipinski definition) is 0. The van der Waals surface area contributed by atoms with Crippen LogP contribution in [-0.4, -0.2) is 66.5 Å². The Morgan fingerprint density at radius 3 is 2.60 bits per heavy atom. The van der Waals surface area contributed by atoms with E-state index in [1.807, 2.05) is 0 Å². The summed E-state index contributed by atoms with van der Waals surface area (Å²) in [5.41, 5.74) is 0.614. The predicted octanol–water partition coefficient (Wildman–Crippen LogP) is 0.304. The minimum absolute atomic E-state index is 0.118. The number of carbonyl (C=O) groups excluding carboxylic acids is 2. The highest BCUT2D eigenvalue weighted by atomic mass is 16.5. The molecule has 1 fully saturated rings. The van der Waals surface area contributed by atoms with E-state index in [2.05, 4.69) is 14.6 Å². The molecule has 0 unspecified atom stereocenters. The second-order valence-corrected chi connectivity index (χ2v) is 4.73. The lowest BCUT2D eigenvalue weighted by Crippen LogP contribution is -2.49. The third-order valence-corrected chi connectivity index (χ3v) is 3.46. The number of esters is 1. The highest BCUT2D eigenvalue weighted by Crippen LogP contribution is 2.12. The van der Waals surface area contributed by atoms with Crippen molar-refractivity contribution in [2.75, 3.05) is 39.8 Å². The van der Waals surface area contributed by atoms with E-state index in [1.165, 1.54) is 13.5 Å². The van der Waals surface area contributed by atoms with E-state index >= 15 is 0 Å². The largest absolute Gasteiger partial charge is 0.469 e. The monoisotopic (exact) mass is 281 g/mol. The van der Waals surface area contributed by atoms with Crippen molar-refractivity contribution in [3.8, 4) is 0 Å². The molecule has 0 bridgehead atoms. The van der Waals surface area contributed by atoms with Gasteiger partial charge in [-0.15, -0.1) is 0 Å². The Hall–Kier alpha value is -1.89. The molecular formula is C13H19N3O4. The van der Waals surface area contributed by atoms with Gasteiger partial charge in [0.15, 0.2) is 6.39 Å². The van der Waals surface area contributed by atoms with E-state index < -0.39 is 0 Å². The fourth-order valence-electron chi connectivity index (χ4n) is 2.18. The quantitative estimate of drug-likeness (QED) is 0.739. The summed E-state index contributed by atoms with van der Waals surface area (Å²) in [7, 11) is 1.39. The van der Waals surface area contributed by atoms with E-state index in [-0.39, 0.29) is 11.9 Å². The Labute approximate surface area is 117 Å². The van der Waals surface area contributed by atoms with Crippen LogP contribution in [0.1, 0.15) is 22.7 Å². The summed E-state index contributed by atoms with van der Waals surface area (Å²) >= 11 is 0. The number of ether oxygens (including phenoxy) is 1. The molecule has 0 saturated carbocycles. The Kier molecular flexibility index (Phi) is 4.73. The first kappa shape index (κ1) is 14.5. The Bertz CT molecular complexity index is 478. The van der Waals surface area contributed by atoms with E-state index in [9.17, 15) is 9.59 Å². The van der Waals surface area contributed by atoms with E-state index in [1.54, 1.807) is 11.8 Å². The molecule has 2 heterocycles. The van der Waals surface area contributed by atoms with Crippen LogP contribution in [-0.2, 0) is 9.53 Å². The molecule has 0 atom stereocenters. The van der Waals surface area contributed by atoms with E-state index in [0.29, 0.717) is 37.5 Å². The van der Waals surface area contributed by atoms with Crippen LogP contribution in [0, 0.1) is 6.92 Å². The van der Waals surface area contributed by atoms with Crippen LogP contribution in [0.4, 0.5) is 0 Å². The van der Waals surface area contributed by atoms with Gasteiger partial charge in [-0.3, -0.25) is 14.5 Å². The van der Waals surface area contributed by atoms with Crippen molar-refractivity contribution in [3.63, 3.8) is 0 Å². The van der Waals surface area contributed by atoms with Gasteiger partial charge in [0.2, 0.25) is 5.76 Å². The van der Waals surface area contributed by atoms with Crippen LogP contribution in [0.3, 0.4) is 0 Å². The number of methoxy groups -OCH3 is 1. The van der Waals surface area contributed by atoms with Crippen molar-refractivity contribution >= 4 is 11.9 Å². The minimum atomic E-state index is -0.208. The first-order valence-electron chi connectivity index (χ1n) is 6.60. The standard InChI is InChI=1S/C13H19N3O4/c1-10-12(20-9-14-10)13(18)16-7-5-15(6-8-16)4-3-11(17)19-2/h9H,3-8H2,1-2H3. The third-order valence-electron chi connectivity index (χ3n) is 3.46. The maximum absolute atomic E-state index is 12.2. The lowest BCUT2D eigenvalue weighted by Gasteiger charge is -2.34. The Morgan fingerprint density at radius 2 is 2.05 bits per heavy atom. The van der Waals surface area contributed by atoms with Gasteiger partial charge in [-0.05, 0) is 6.92 Å². The molecule has 0 aromatic carbocycles. The number of carbonyl (C=O) groups is 2. The molecular weight excluding hydrogens is 262 g/mol. The molecule has 20 heavy (non-hydrogen) atoms. The van der Waals surface area contributed by atoms with Gasteiger partial charge >= 0.3 is 5.97 Å². The highest BCUT2D eigenvalue weighted by Gasteiger charge is 2.25. The van der Waals surface area contributed by atoms with Crippen LogP contribution in [0.25, 0.3) is 0 Å². The number of rotatable bonds is 4. The van der Waals surface area contributed by atoms with Gasteiger partial charge in [0.1, 0.15) is 0 Å². The molecule has 1 aromatic rings. The highest BCUT2D eigenvalue weighted by molar-refractivity contribution is 5.92. The maximum Gasteiger partial charge on any atom is 0.306 e. The summed E-state index contributed by atoms with van der Waals surface area (Å²) in [6, 6.07) is 0. The lowest BCUT2D eigenvalue weighted by atomic mass is 10.2. The predicted molar refractivity (Wildman–Crippen MR) is 70.2 cm³/mol. The number of oxazole rings is 1. The lowest BCUT2D eigenvalue weighted by molar-refractivity contribution is -0.141. The average molecular weight is 281 g/mol. The van der Waals surface area contributed by atoms with Gasteiger partial charge in [0.25, 0.3) is 5.91 Å². The summed E-state index contributed by atoms with van der Waals surface area (Å²) in [4.78, 5) is 31.1. The van der Waals surface area contributed by atoms with Crippen LogP contribution in [0.2, 0.25) is 0 Å². The molecule has 1 aromatic heterocycles. The number of amides is 1. The number of aryl methyl sites for hydroxylation is 1. The third kappa shape index (κ3) is 3.36. The molecule has 0 N–H and O–H groups in total. The van der Waals surface area contributed by atoms with Gasteiger partial charge in [-0.25, -0.2) is 4.98 Å². The molecule has 7 heteroatoms. The van der Waals surface area contributed by atoms with Crippen molar-refractivity contribution in [1.29, 1.82) is 0 Å². The Balaban J connectivity index is 1.81. The fourth-order valence-corrected chi connectivity index (χ4v) is 2.18. The van der Waals surface area contributed by atoms with Crippen molar-refractivity contribution in [2.24, 2.45) is 0 Å². The second-order valence-electron chi connectivity index (χ2n) is 4.73. The summed E-state index contributed by atoms with van der Waals surface area (Å²) in [5, 5.41) is 0. The molecule has 1 aliphatic rings. The summed E-state index contributed by atoms with van der Waals surface area (Å²) < 4.78 is 9.74. The molecule has 1 amide bonds. The number of nitrogens with zero attached hydrogens (tertiary/aromatic N) is 3. The normalized spacial score (nSPS) is 16.2. The Morgan fingerprint density at radius 1 is 1.35 bits per heavy atom. The van der Waals surface area contributed by atoms with Crippen LogP contribution < -0.4 is 0 Å². The molecule has 0 radical (unpaired) electrons. The fraction of sp³-hybridized carbons (Fsp3) is 0.615. The zero-order valence-electron chi connectivity index (χ0n) is 11.8. The molecule has 2 rings (SSSR count). The smallest absolute Gasteiger partial charge is 0.306 e. The molecule has 1 aliphatic heterocycles. The molecule has 0 aliphatic carbocycles. The van der Waals surface area contributed by atoms with Crippen molar-refractivity contribution in [3.05, 3.63) is 17.8 Å². The van der Waals surface area contributed by atoms with Crippen LogP contribution in [0.15, 0.2) is 10.8 Å². The van der Waals surface area contributed by atoms with E-state index in [4.69, 9.17) is 4.42 Å². The van der Waals surface area contributed by atoms with Gasteiger partial charge in [0.05, 0.1) is 19.2 Å². The van der Waals surface area contributed by atoms with Crippen molar-refractivity contribution in [1.82, 2.24) is 14.8 Å². The molecule has 7 nitrogen and oxygen atoms in total. The zero-order valence-corrected chi connectivity index (χ0v) is 11.8. The average Bonchev–Trinajstić information content (AvgIpc) is 2.90. The molecule has 110 valence electrons. The minimum Gasteiger partial charge on any atom is -0.469 e. The van der Waals surface area contributed by atoms with Crippen LogP contribution in [0.5, 0.6) is 0 Å². The number of hydrogen-bond acceptors (Lipinski definition) is 6. The number of piperazine rings is 1. The summed E-state index contributed by atoms with van der Waals surface area (Å²) in [6.45, 7) is 5.16. The number of aromatic nitrogens is 1. The topological polar surface area (TPSA) is 75.9 Å². The van der Waals surface area contributed by atoms with Gasteiger partial charge in [-0.2, -0.15) is 0 Å². The van der Waals surface area contributed by atoms with Crippen LogP contribution >= 0.6 is 0 Å². The van der Waals surface area contributed by atoms with Gasteiger partial charge < -0.3 is 14.1 Å². The molecule has 1 saturated heterocycles. The first-order chi connectivity index (χ1) is 9.61.